The monoisotopic (exact) mass is 351 g/mol. The van der Waals surface area contributed by atoms with E-state index in [2.05, 4.69) is 29.7 Å². The second-order valence-electron chi connectivity index (χ2n) is 6.53. The number of nitrogens with zero attached hydrogens (tertiary/aromatic N) is 1. The van der Waals surface area contributed by atoms with E-state index < -0.39 is 0 Å². The number of carbonyl (C=O) groups excluding carboxylic acids is 2. The summed E-state index contributed by atoms with van der Waals surface area (Å²) in [7, 11) is 0. The molecule has 5 heteroatoms. The number of anilines is 1. The normalized spacial score (nSPS) is 10.9. The van der Waals surface area contributed by atoms with Gasteiger partial charge in [0.2, 0.25) is 11.8 Å². The Morgan fingerprint density at radius 1 is 0.962 bits per heavy atom. The van der Waals surface area contributed by atoms with Crippen LogP contribution in [0.25, 0.3) is 0 Å². The number of aryl methyl sites for hydroxylation is 1. The van der Waals surface area contributed by atoms with Crippen molar-refractivity contribution >= 4 is 23.7 Å². The number of carbonyl (C=O) groups is 2. The first kappa shape index (κ1) is 19.4. The van der Waals surface area contributed by atoms with Crippen molar-refractivity contribution in [3.8, 4) is 0 Å². The smallest absolute Gasteiger partial charge is 0.240 e. The fraction of sp³-hybridized carbons (Fsp3) is 0.286. The zero-order chi connectivity index (χ0) is 18.9. The largest absolute Gasteiger partial charge is 0.326 e. The van der Waals surface area contributed by atoms with Crippen molar-refractivity contribution in [2.45, 2.75) is 39.5 Å². The van der Waals surface area contributed by atoms with Crippen LogP contribution in [0.5, 0.6) is 0 Å². The molecule has 0 spiro atoms. The van der Waals surface area contributed by atoms with E-state index >= 15 is 0 Å². The molecule has 136 valence electrons. The van der Waals surface area contributed by atoms with Gasteiger partial charge < -0.3 is 5.32 Å². The molecule has 2 aromatic rings. The molecule has 0 atom stereocenters. The molecule has 0 heterocycles. The van der Waals surface area contributed by atoms with Crippen LogP contribution in [-0.4, -0.2) is 18.0 Å². The molecule has 0 fully saturated rings. The van der Waals surface area contributed by atoms with E-state index in [1.807, 2.05) is 55.5 Å². The molecule has 0 saturated carbocycles. The molecule has 0 unspecified atom stereocenters. The van der Waals surface area contributed by atoms with E-state index in [1.54, 1.807) is 6.21 Å². The summed E-state index contributed by atoms with van der Waals surface area (Å²) in [5.74, 6) is -0.0110. The maximum absolute atomic E-state index is 11.9. The van der Waals surface area contributed by atoms with Crippen molar-refractivity contribution < 1.29 is 9.59 Å². The molecule has 2 amide bonds. The van der Waals surface area contributed by atoms with E-state index in [0.29, 0.717) is 5.92 Å². The molecule has 2 N–H and O–H groups in total. The molecule has 0 aliphatic heterocycles. The van der Waals surface area contributed by atoms with Crippen molar-refractivity contribution in [2.24, 2.45) is 5.10 Å². The highest BCUT2D eigenvalue weighted by Crippen LogP contribution is 2.13. The molecule has 2 aromatic carbocycles. The van der Waals surface area contributed by atoms with Gasteiger partial charge in [0.25, 0.3) is 0 Å². The van der Waals surface area contributed by atoms with Crippen LogP contribution in [0.3, 0.4) is 0 Å². The van der Waals surface area contributed by atoms with Gasteiger partial charge in [-0.1, -0.05) is 55.8 Å². The summed E-state index contributed by atoms with van der Waals surface area (Å²) >= 11 is 0. The van der Waals surface area contributed by atoms with Gasteiger partial charge in [-0.3, -0.25) is 9.59 Å². The Labute approximate surface area is 154 Å². The second kappa shape index (κ2) is 9.51. The molecular weight excluding hydrogens is 326 g/mol. The van der Waals surface area contributed by atoms with Crippen LogP contribution in [0.1, 0.15) is 49.3 Å². The van der Waals surface area contributed by atoms with E-state index in [1.165, 1.54) is 5.56 Å². The number of rotatable bonds is 7. The zero-order valence-electron chi connectivity index (χ0n) is 15.5. The molecule has 0 aliphatic carbocycles. The maximum Gasteiger partial charge on any atom is 0.240 e. The van der Waals surface area contributed by atoms with Gasteiger partial charge in [-0.25, -0.2) is 5.43 Å². The summed E-state index contributed by atoms with van der Waals surface area (Å²) in [4.78, 5) is 23.6. The van der Waals surface area contributed by atoms with Crippen LogP contribution in [-0.2, 0) is 9.59 Å². The molecule has 0 radical (unpaired) electrons. The third-order valence-corrected chi connectivity index (χ3v) is 3.92. The van der Waals surface area contributed by atoms with Crippen molar-refractivity contribution in [3.63, 3.8) is 0 Å². The van der Waals surface area contributed by atoms with Gasteiger partial charge in [-0.05, 0) is 36.1 Å². The van der Waals surface area contributed by atoms with Crippen molar-refractivity contribution in [3.05, 3.63) is 65.2 Å². The molecule has 0 bridgehead atoms. The Morgan fingerprint density at radius 3 is 2.19 bits per heavy atom. The quantitative estimate of drug-likeness (QED) is 0.585. The predicted octanol–water partition coefficient (Wildman–Crippen LogP) is 3.99. The van der Waals surface area contributed by atoms with E-state index in [9.17, 15) is 9.59 Å². The van der Waals surface area contributed by atoms with Gasteiger partial charge in [0.1, 0.15) is 0 Å². The first-order valence-corrected chi connectivity index (χ1v) is 8.72. The number of amides is 2. The van der Waals surface area contributed by atoms with Gasteiger partial charge in [0.05, 0.1) is 6.21 Å². The summed E-state index contributed by atoms with van der Waals surface area (Å²) in [6.07, 6.45) is 1.79. The Balaban J connectivity index is 1.72. The standard InChI is InChI=1S/C21H25N3O2/c1-15(2)18-8-6-17(7-9-18)14-22-24-21(26)13-12-20(25)23-19-10-4-16(3)5-11-19/h4-11,14-15H,12-13H2,1-3H3,(H,23,25)(H,24,26)/b22-14+. The van der Waals surface area contributed by atoms with Crippen LogP contribution >= 0.6 is 0 Å². The van der Waals surface area contributed by atoms with Crippen LogP contribution in [0.15, 0.2) is 53.6 Å². The average molecular weight is 351 g/mol. The minimum atomic E-state index is -0.292. The van der Waals surface area contributed by atoms with Gasteiger partial charge >= 0.3 is 0 Å². The zero-order valence-corrected chi connectivity index (χ0v) is 15.5. The fourth-order valence-corrected chi connectivity index (χ4v) is 2.29. The summed E-state index contributed by atoms with van der Waals surface area (Å²) in [5, 5.41) is 6.69. The fourth-order valence-electron chi connectivity index (χ4n) is 2.29. The molecule has 5 nitrogen and oxygen atoms in total. The number of hydrazone groups is 1. The number of nitrogens with one attached hydrogen (secondary N) is 2. The highest BCUT2D eigenvalue weighted by molar-refractivity contribution is 5.93. The number of hydrogen-bond acceptors (Lipinski definition) is 3. The van der Waals surface area contributed by atoms with E-state index in [-0.39, 0.29) is 24.7 Å². The minimum Gasteiger partial charge on any atom is -0.326 e. The Morgan fingerprint density at radius 2 is 1.58 bits per heavy atom. The highest BCUT2D eigenvalue weighted by atomic mass is 16.2. The lowest BCUT2D eigenvalue weighted by Gasteiger charge is -2.05. The van der Waals surface area contributed by atoms with Crippen LogP contribution in [0.4, 0.5) is 5.69 Å². The van der Waals surface area contributed by atoms with E-state index in [4.69, 9.17) is 0 Å². The minimum absolute atomic E-state index is 0.0846. The summed E-state index contributed by atoms with van der Waals surface area (Å²) < 4.78 is 0. The van der Waals surface area contributed by atoms with Gasteiger partial charge in [0.15, 0.2) is 0 Å². The third-order valence-electron chi connectivity index (χ3n) is 3.92. The van der Waals surface area contributed by atoms with Crippen LogP contribution < -0.4 is 10.7 Å². The first-order valence-electron chi connectivity index (χ1n) is 8.72. The third kappa shape index (κ3) is 6.51. The average Bonchev–Trinajstić information content (AvgIpc) is 2.62. The summed E-state index contributed by atoms with van der Waals surface area (Å²) in [6, 6.07) is 15.5. The lowest BCUT2D eigenvalue weighted by atomic mass is 10.0. The lowest BCUT2D eigenvalue weighted by molar-refractivity contribution is -0.124. The van der Waals surface area contributed by atoms with Gasteiger partial charge in [-0.15, -0.1) is 0 Å². The maximum atomic E-state index is 11.9. The van der Waals surface area contributed by atoms with Crippen LogP contribution in [0.2, 0.25) is 0 Å². The lowest BCUT2D eigenvalue weighted by Crippen LogP contribution is -2.20. The molecule has 26 heavy (non-hydrogen) atoms. The summed E-state index contributed by atoms with van der Waals surface area (Å²) in [6.45, 7) is 6.26. The summed E-state index contributed by atoms with van der Waals surface area (Å²) in [5.41, 5.74) is 6.46. The Bertz CT molecular complexity index is 763. The molecular formula is C21H25N3O2. The molecule has 0 aliphatic rings. The van der Waals surface area contributed by atoms with E-state index in [0.717, 1.165) is 16.8 Å². The molecule has 0 aromatic heterocycles. The predicted molar refractivity (Wildman–Crippen MR) is 105 cm³/mol. The SMILES string of the molecule is Cc1ccc(NC(=O)CCC(=O)N/N=C/c2ccc(C(C)C)cc2)cc1. The second-order valence-corrected chi connectivity index (χ2v) is 6.53. The number of benzene rings is 2. The van der Waals surface area contributed by atoms with Crippen molar-refractivity contribution in [2.75, 3.05) is 5.32 Å². The van der Waals surface area contributed by atoms with Crippen molar-refractivity contribution in [1.29, 1.82) is 0 Å². The Kier molecular flexibility index (Phi) is 7.09. The van der Waals surface area contributed by atoms with Gasteiger partial charge in [-0.2, -0.15) is 5.10 Å². The Hall–Kier alpha value is -2.95. The van der Waals surface area contributed by atoms with Crippen molar-refractivity contribution in [1.82, 2.24) is 5.43 Å². The molecule has 0 saturated heterocycles. The van der Waals surface area contributed by atoms with Gasteiger partial charge in [0, 0.05) is 18.5 Å². The molecule has 2 rings (SSSR count). The first-order chi connectivity index (χ1) is 12.4. The van der Waals surface area contributed by atoms with Crippen LogP contribution in [0, 0.1) is 6.92 Å². The number of hydrogen-bond donors (Lipinski definition) is 2. The topological polar surface area (TPSA) is 70.6 Å². The highest BCUT2D eigenvalue weighted by Gasteiger charge is 2.06.